The first-order chi connectivity index (χ1) is 9.78. The van der Waals surface area contributed by atoms with Gasteiger partial charge in [0.1, 0.15) is 5.69 Å². The first-order valence-electron chi connectivity index (χ1n) is 6.64. The van der Waals surface area contributed by atoms with Gasteiger partial charge < -0.3 is 5.32 Å². The monoisotopic (exact) mass is 357 g/mol. The summed E-state index contributed by atoms with van der Waals surface area (Å²) in [5, 5.41) is 7.33. The summed E-state index contributed by atoms with van der Waals surface area (Å²) in [6.45, 7) is 6.34. The van der Waals surface area contributed by atoms with Gasteiger partial charge in [0.25, 0.3) is 6.43 Å². The van der Waals surface area contributed by atoms with Gasteiger partial charge in [-0.05, 0) is 45.0 Å². The molecule has 0 aliphatic rings. The molecule has 0 aliphatic heterocycles. The second kappa shape index (κ2) is 6.23. The lowest BCUT2D eigenvalue weighted by Crippen LogP contribution is -2.35. The molecule has 0 atom stereocenters. The molecule has 2 rings (SSSR count). The summed E-state index contributed by atoms with van der Waals surface area (Å²) in [4.78, 5) is 0. The van der Waals surface area contributed by atoms with Crippen LogP contribution in [0.1, 0.15) is 38.5 Å². The number of halogens is 3. The molecule has 21 heavy (non-hydrogen) atoms. The Labute approximate surface area is 131 Å². The molecule has 1 aromatic heterocycles. The minimum Gasteiger partial charge on any atom is -0.308 e. The van der Waals surface area contributed by atoms with Crippen LogP contribution in [-0.2, 0) is 6.54 Å². The molecule has 114 valence electrons. The lowest BCUT2D eigenvalue weighted by Gasteiger charge is -2.20. The van der Waals surface area contributed by atoms with Crippen molar-refractivity contribution in [1.29, 1.82) is 0 Å². The highest BCUT2D eigenvalue weighted by Gasteiger charge is 2.22. The van der Waals surface area contributed by atoms with Crippen molar-refractivity contribution in [2.24, 2.45) is 0 Å². The molecule has 1 N–H and O–H groups in total. The van der Waals surface area contributed by atoms with Crippen molar-refractivity contribution >= 4 is 15.9 Å². The van der Waals surface area contributed by atoms with E-state index in [9.17, 15) is 8.78 Å². The fraction of sp³-hybridized carbons (Fsp3) is 0.400. The van der Waals surface area contributed by atoms with Crippen LogP contribution in [0.2, 0.25) is 0 Å². The molecule has 0 aliphatic carbocycles. The van der Waals surface area contributed by atoms with E-state index >= 15 is 0 Å². The number of aromatic nitrogens is 2. The van der Waals surface area contributed by atoms with E-state index < -0.39 is 6.43 Å². The summed E-state index contributed by atoms with van der Waals surface area (Å²) in [7, 11) is 0. The average molecular weight is 358 g/mol. The van der Waals surface area contributed by atoms with Crippen molar-refractivity contribution in [3.05, 3.63) is 46.2 Å². The molecule has 0 saturated carbocycles. The fourth-order valence-electron chi connectivity index (χ4n) is 1.91. The van der Waals surface area contributed by atoms with Crippen molar-refractivity contribution in [3.8, 4) is 5.69 Å². The molecule has 0 fully saturated rings. The molecule has 3 nitrogen and oxygen atoms in total. The number of rotatable bonds is 4. The van der Waals surface area contributed by atoms with Crippen LogP contribution in [0, 0.1) is 0 Å². The minimum absolute atomic E-state index is 0.0610. The third kappa shape index (κ3) is 4.11. The Bertz CT molecular complexity index is 600. The van der Waals surface area contributed by atoms with E-state index in [-0.39, 0.29) is 11.2 Å². The van der Waals surface area contributed by atoms with Gasteiger partial charge in [-0.25, -0.2) is 13.5 Å². The molecule has 1 aromatic carbocycles. The van der Waals surface area contributed by atoms with E-state index in [0.29, 0.717) is 17.8 Å². The Morgan fingerprint density at radius 3 is 2.38 bits per heavy atom. The van der Waals surface area contributed by atoms with Crippen molar-refractivity contribution < 1.29 is 8.78 Å². The van der Waals surface area contributed by atoms with Gasteiger partial charge in [0, 0.05) is 22.1 Å². The zero-order valence-electron chi connectivity index (χ0n) is 12.2. The first-order valence-corrected chi connectivity index (χ1v) is 7.43. The smallest absolute Gasteiger partial charge is 0.280 e. The van der Waals surface area contributed by atoms with Gasteiger partial charge in [-0.2, -0.15) is 5.10 Å². The molecule has 0 saturated heterocycles. The topological polar surface area (TPSA) is 29.9 Å². The maximum atomic E-state index is 13.4. The van der Waals surface area contributed by atoms with Crippen LogP contribution in [0.4, 0.5) is 8.78 Å². The van der Waals surface area contributed by atoms with E-state index in [1.54, 1.807) is 24.3 Å². The third-order valence-electron chi connectivity index (χ3n) is 2.97. The van der Waals surface area contributed by atoms with Gasteiger partial charge in [0.05, 0.1) is 11.9 Å². The van der Waals surface area contributed by atoms with Gasteiger partial charge in [-0.3, -0.25) is 0 Å². The van der Waals surface area contributed by atoms with Crippen molar-refractivity contribution in [1.82, 2.24) is 15.1 Å². The number of nitrogens with zero attached hydrogens (tertiary/aromatic N) is 2. The van der Waals surface area contributed by atoms with E-state index in [4.69, 9.17) is 0 Å². The van der Waals surface area contributed by atoms with E-state index in [1.807, 2.05) is 20.8 Å². The summed E-state index contributed by atoms with van der Waals surface area (Å²) in [6.07, 6.45) is -1.07. The van der Waals surface area contributed by atoms with Gasteiger partial charge >= 0.3 is 0 Å². The Kier molecular flexibility index (Phi) is 4.78. The zero-order chi connectivity index (χ0) is 15.6. The molecule has 0 spiro atoms. The zero-order valence-corrected chi connectivity index (χ0v) is 13.8. The molecule has 6 heteroatoms. The van der Waals surface area contributed by atoms with Crippen LogP contribution in [0.3, 0.4) is 0 Å². The fourth-order valence-corrected chi connectivity index (χ4v) is 2.17. The largest absolute Gasteiger partial charge is 0.308 e. The lowest BCUT2D eigenvalue weighted by atomic mass is 10.1. The molecular weight excluding hydrogens is 340 g/mol. The Balaban J connectivity index is 2.35. The molecule has 1 heterocycles. The molecule has 0 amide bonds. The maximum Gasteiger partial charge on any atom is 0.280 e. The second-order valence-electron chi connectivity index (χ2n) is 5.85. The van der Waals surface area contributed by atoms with E-state index in [2.05, 4.69) is 26.3 Å². The molecule has 0 bridgehead atoms. The minimum atomic E-state index is -2.58. The van der Waals surface area contributed by atoms with Crippen LogP contribution < -0.4 is 5.32 Å². The van der Waals surface area contributed by atoms with Gasteiger partial charge in [0.2, 0.25) is 0 Å². The number of nitrogens with one attached hydrogen (secondary N) is 1. The van der Waals surface area contributed by atoms with Gasteiger partial charge in [-0.1, -0.05) is 15.9 Å². The van der Waals surface area contributed by atoms with Crippen LogP contribution >= 0.6 is 15.9 Å². The molecule has 2 aromatic rings. The van der Waals surface area contributed by atoms with Crippen LogP contribution in [-0.4, -0.2) is 15.3 Å². The summed E-state index contributed by atoms with van der Waals surface area (Å²) in [6, 6.07) is 7.12. The predicted octanol–water partition coefficient (Wildman–Crippen LogP) is 4.46. The summed E-state index contributed by atoms with van der Waals surface area (Å²) in [5.41, 5.74) is 0.937. The van der Waals surface area contributed by atoms with E-state index in [1.165, 1.54) is 10.9 Å². The SMILES string of the molecule is CC(C)(C)NCc1cnn(-c2ccc(Br)cc2)c1C(F)F. The molecule has 0 radical (unpaired) electrons. The molecular formula is C15H18BrF2N3. The predicted molar refractivity (Wildman–Crippen MR) is 82.8 cm³/mol. The normalized spacial score (nSPS) is 12.1. The highest BCUT2D eigenvalue weighted by Crippen LogP contribution is 2.26. The standard InChI is InChI=1S/C15H18BrF2N3/c1-15(2,3)19-8-10-9-20-21(13(10)14(17)18)12-6-4-11(16)5-7-12/h4-7,9,14,19H,8H2,1-3H3. The van der Waals surface area contributed by atoms with Crippen LogP contribution in [0.25, 0.3) is 5.69 Å². The quantitative estimate of drug-likeness (QED) is 0.875. The summed E-state index contributed by atoms with van der Waals surface area (Å²) >= 11 is 3.33. The lowest BCUT2D eigenvalue weighted by molar-refractivity contribution is 0.141. The number of benzene rings is 1. The van der Waals surface area contributed by atoms with Crippen molar-refractivity contribution in [2.45, 2.75) is 39.3 Å². The van der Waals surface area contributed by atoms with Gasteiger partial charge in [0.15, 0.2) is 0 Å². The summed E-state index contributed by atoms with van der Waals surface area (Å²) < 4.78 is 29.0. The van der Waals surface area contributed by atoms with Crippen molar-refractivity contribution in [3.63, 3.8) is 0 Å². The Morgan fingerprint density at radius 2 is 1.86 bits per heavy atom. The molecule has 0 unspecified atom stereocenters. The highest BCUT2D eigenvalue weighted by atomic mass is 79.9. The Hall–Kier alpha value is -1.27. The first kappa shape index (κ1) is 16.1. The number of alkyl halides is 2. The van der Waals surface area contributed by atoms with Gasteiger partial charge in [-0.15, -0.1) is 0 Å². The number of hydrogen-bond donors (Lipinski definition) is 1. The maximum absolute atomic E-state index is 13.4. The third-order valence-corrected chi connectivity index (χ3v) is 3.50. The highest BCUT2D eigenvalue weighted by molar-refractivity contribution is 9.10. The van der Waals surface area contributed by atoms with Crippen LogP contribution in [0.5, 0.6) is 0 Å². The Morgan fingerprint density at radius 1 is 1.24 bits per heavy atom. The second-order valence-corrected chi connectivity index (χ2v) is 6.76. The van der Waals surface area contributed by atoms with E-state index in [0.717, 1.165) is 4.47 Å². The number of hydrogen-bond acceptors (Lipinski definition) is 2. The average Bonchev–Trinajstić information content (AvgIpc) is 2.80. The van der Waals surface area contributed by atoms with Crippen LogP contribution in [0.15, 0.2) is 34.9 Å². The summed E-state index contributed by atoms with van der Waals surface area (Å²) in [5.74, 6) is 0. The van der Waals surface area contributed by atoms with Crippen molar-refractivity contribution in [2.75, 3.05) is 0 Å².